The first-order valence-electron chi connectivity index (χ1n) is 9.49. The highest BCUT2D eigenvalue weighted by molar-refractivity contribution is 8.46. The van der Waals surface area contributed by atoms with Gasteiger partial charge in [0.2, 0.25) is 10.6 Å². The van der Waals surface area contributed by atoms with Crippen LogP contribution in [0.25, 0.3) is 10.2 Å². The van der Waals surface area contributed by atoms with E-state index in [-0.39, 0.29) is 28.1 Å². The third kappa shape index (κ3) is 5.05. The Balaban J connectivity index is 1.57. The average molecular weight is 458 g/mol. The molecule has 2 unspecified atom stereocenters. The number of fused-ring (bicyclic) bond motifs is 1. The number of thiophene rings is 1. The molecule has 30 heavy (non-hydrogen) atoms. The second-order valence-corrected chi connectivity index (χ2v) is 10.9. The maximum Gasteiger partial charge on any atom is 0.232 e. The number of rotatable bonds is 8. The summed E-state index contributed by atoms with van der Waals surface area (Å²) in [6.45, 7) is 0.000795. The van der Waals surface area contributed by atoms with Crippen LogP contribution in [0, 0.1) is 0 Å². The Morgan fingerprint density at radius 3 is 2.60 bits per heavy atom. The number of anilines is 2. The van der Waals surface area contributed by atoms with Crippen LogP contribution in [-0.2, 0) is 12.2 Å². The summed E-state index contributed by atoms with van der Waals surface area (Å²) in [6, 6.07) is 17.9. The van der Waals surface area contributed by atoms with Crippen molar-refractivity contribution in [1.29, 1.82) is 0 Å². The molecule has 2 atom stereocenters. The first kappa shape index (κ1) is 20.9. The minimum atomic E-state index is -0.197. The lowest BCUT2D eigenvalue weighted by Gasteiger charge is -2.16. The van der Waals surface area contributed by atoms with Crippen molar-refractivity contribution >= 4 is 53.7 Å². The molecule has 0 amide bonds. The molecular weight excluding hydrogens is 436 g/mol. The van der Waals surface area contributed by atoms with Gasteiger partial charge in [-0.05, 0) is 29.7 Å². The third-order valence-electron chi connectivity index (χ3n) is 4.64. The molecule has 2 heterocycles. The quantitative estimate of drug-likeness (QED) is 0.245. The minimum absolute atomic E-state index is 0.000795. The summed E-state index contributed by atoms with van der Waals surface area (Å²) in [7, 11) is 1.65. The normalized spacial score (nSPS) is 12.8. The SMILES string of the molecule is Nc1ncc2c(n1)c(NC(CO)Cc1ccc(Cl)cc1)c[s+]2SCc1ccccc1. The van der Waals surface area contributed by atoms with Crippen LogP contribution in [-0.4, -0.2) is 27.7 Å². The topological polar surface area (TPSA) is 84.1 Å². The van der Waals surface area contributed by atoms with Crippen molar-refractivity contribution in [2.45, 2.75) is 18.2 Å². The van der Waals surface area contributed by atoms with Crippen molar-refractivity contribution in [2.24, 2.45) is 0 Å². The number of hydrogen-bond acceptors (Lipinski definition) is 6. The van der Waals surface area contributed by atoms with Crippen molar-refractivity contribution in [3.05, 3.63) is 82.3 Å². The molecule has 0 aliphatic heterocycles. The van der Waals surface area contributed by atoms with Crippen molar-refractivity contribution in [3.63, 3.8) is 0 Å². The summed E-state index contributed by atoms with van der Waals surface area (Å²) >= 11 is 5.98. The zero-order valence-electron chi connectivity index (χ0n) is 16.2. The van der Waals surface area contributed by atoms with E-state index in [0.717, 1.165) is 27.2 Å². The predicted octanol–water partition coefficient (Wildman–Crippen LogP) is 5.33. The fraction of sp³-hybridized carbons (Fsp3) is 0.182. The minimum Gasteiger partial charge on any atom is -0.394 e. The standard InChI is InChI=1S/C22H22ClN4OS2/c23-17-8-6-15(7-9-17)10-18(12-28)26-19-14-30(20-11-25-22(24)27-21(19)20)29-13-16-4-2-1-3-5-16/h1-9,11,14,18,26,28H,10,12-13H2,(H2,24,25,27)/q+1. The Bertz CT molecular complexity index is 1120. The highest BCUT2D eigenvalue weighted by atomic mass is 35.5. The Morgan fingerprint density at radius 2 is 1.87 bits per heavy atom. The first-order chi connectivity index (χ1) is 14.6. The lowest BCUT2D eigenvalue weighted by atomic mass is 10.1. The summed E-state index contributed by atoms with van der Waals surface area (Å²) in [4.78, 5) is 8.68. The molecule has 0 bridgehead atoms. The van der Waals surface area contributed by atoms with Gasteiger partial charge in [-0.3, -0.25) is 0 Å². The second kappa shape index (κ2) is 9.66. The summed E-state index contributed by atoms with van der Waals surface area (Å²) in [6.07, 6.45) is 2.49. The number of nitrogens with one attached hydrogen (secondary N) is 1. The number of nitrogens with two attached hydrogens (primary N) is 1. The number of benzene rings is 2. The molecule has 0 aliphatic rings. The van der Waals surface area contributed by atoms with Gasteiger partial charge in [0.25, 0.3) is 0 Å². The van der Waals surface area contributed by atoms with Gasteiger partial charge in [-0.25, -0.2) is 9.97 Å². The van der Waals surface area contributed by atoms with E-state index < -0.39 is 0 Å². The smallest absolute Gasteiger partial charge is 0.232 e. The van der Waals surface area contributed by atoms with Gasteiger partial charge in [0.15, 0.2) is 10.9 Å². The number of hydrogen-bond donors (Lipinski definition) is 3. The Labute approximate surface area is 186 Å². The van der Waals surface area contributed by atoms with Crippen LogP contribution in [0.4, 0.5) is 11.6 Å². The maximum atomic E-state index is 9.95. The van der Waals surface area contributed by atoms with Gasteiger partial charge in [-0.1, -0.05) is 54.1 Å². The highest BCUT2D eigenvalue weighted by Crippen LogP contribution is 2.46. The number of nitrogen functional groups attached to an aromatic ring is 1. The van der Waals surface area contributed by atoms with E-state index in [9.17, 15) is 5.11 Å². The molecule has 0 spiro atoms. The van der Waals surface area contributed by atoms with Crippen LogP contribution < -0.4 is 11.1 Å². The van der Waals surface area contributed by atoms with Crippen LogP contribution in [0.2, 0.25) is 5.02 Å². The lowest BCUT2D eigenvalue weighted by molar-refractivity contribution is 0.274. The molecule has 0 radical (unpaired) electrons. The number of aliphatic hydroxyl groups is 1. The highest BCUT2D eigenvalue weighted by Gasteiger charge is 2.24. The molecular formula is C22H22ClN4OS2+. The fourth-order valence-corrected chi connectivity index (χ4v) is 6.97. The number of aromatic nitrogens is 2. The van der Waals surface area contributed by atoms with Crippen LogP contribution in [0.5, 0.6) is 0 Å². The molecule has 4 aromatic rings. The largest absolute Gasteiger partial charge is 0.394 e. The zero-order valence-corrected chi connectivity index (χ0v) is 18.6. The van der Waals surface area contributed by atoms with E-state index in [1.165, 1.54) is 5.56 Å². The van der Waals surface area contributed by atoms with Crippen LogP contribution >= 0.6 is 31.9 Å². The second-order valence-electron chi connectivity index (χ2n) is 6.87. The summed E-state index contributed by atoms with van der Waals surface area (Å²) in [5.74, 6) is 1.14. The molecule has 2 aromatic heterocycles. The van der Waals surface area contributed by atoms with Gasteiger partial charge in [0.1, 0.15) is 16.5 Å². The van der Waals surface area contributed by atoms with Crippen LogP contribution in [0.15, 0.2) is 66.2 Å². The van der Waals surface area contributed by atoms with Gasteiger partial charge in [-0.2, -0.15) is 0 Å². The van der Waals surface area contributed by atoms with E-state index in [1.807, 2.05) is 47.3 Å². The van der Waals surface area contributed by atoms with Crippen LogP contribution in [0.3, 0.4) is 0 Å². The molecule has 8 heteroatoms. The molecule has 2 aromatic carbocycles. The molecule has 154 valence electrons. The van der Waals surface area contributed by atoms with Crippen molar-refractivity contribution < 1.29 is 5.11 Å². The van der Waals surface area contributed by atoms with Gasteiger partial charge in [0.05, 0.1) is 34.1 Å². The molecule has 0 saturated heterocycles. The molecule has 4 rings (SSSR count). The molecule has 0 fully saturated rings. The monoisotopic (exact) mass is 457 g/mol. The molecule has 5 nitrogen and oxygen atoms in total. The van der Waals surface area contributed by atoms with Gasteiger partial charge >= 0.3 is 0 Å². The number of halogens is 1. The zero-order chi connectivity index (χ0) is 20.9. The maximum absolute atomic E-state index is 9.95. The van der Waals surface area contributed by atoms with E-state index in [2.05, 4.69) is 44.9 Å². The Morgan fingerprint density at radius 1 is 1.10 bits per heavy atom. The third-order valence-corrected chi connectivity index (χ3v) is 8.72. The van der Waals surface area contributed by atoms with Crippen LogP contribution in [0.1, 0.15) is 11.1 Å². The number of aliphatic hydroxyl groups excluding tert-OH is 1. The first-order valence-corrected chi connectivity index (χ1v) is 12.7. The van der Waals surface area contributed by atoms with Gasteiger partial charge in [0, 0.05) is 5.02 Å². The van der Waals surface area contributed by atoms with Gasteiger partial charge in [-0.15, -0.1) is 0 Å². The average Bonchev–Trinajstić information content (AvgIpc) is 3.10. The van der Waals surface area contributed by atoms with E-state index >= 15 is 0 Å². The van der Waals surface area contributed by atoms with Crippen molar-refractivity contribution in [2.75, 3.05) is 17.7 Å². The molecule has 0 aliphatic carbocycles. The summed E-state index contributed by atoms with van der Waals surface area (Å²) in [5, 5.41) is 16.3. The fourth-order valence-electron chi connectivity index (χ4n) is 3.14. The Kier molecular flexibility index (Phi) is 6.74. The molecule has 4 N–H and O–H groups in total. The van der Waals surface area contributed by atoms with E-state index in [4.69, 9.17) is 17.3 Å². The van der Waals surface area contributed by atoms with E-state index in [0.29, 0.717) is 11.4 Å². The Hall–Kier alpha value is -2.32. The molecule has 0 saturated carbocycles. The summed E-state index contributed by atoms with van der Waals surface area (Å²) < 4.78 is 1.07. The lowest BCUT2D eigenvalue weighted by Crippen LogP contribution is -2.26. The van der Waals surface area contributed by atoms with Gasteiger partial charge < -0.3 is 16.2 Å². The van der Waals surface area contributed by atoms with Crippen molar-refractivity contribution in [3.8, 4) is 0 Å². The van der Waals surface area contributed by atoms with Crippen molar-refractivity contribution in [1.82, 2.24) is 9.97 Å². The predicted molar refractivity (Wildman–Crippen MR) is 129 cm³/mol. The number of nitrogens with zero attached hydrogens (tertiary/aromatic N) is 2. The summed E-state index contributed by atoms with van der Waals surface area (Å²) in [5.41, 5.74) is 9.96. The van der Waals surface area contributed by atoms with E-state index in [1.54, 1.807) is 0 Å².